The number of nitrogens with zero attached hydrogens (tertiary/aromatic N) is 1. The highest BCUT2D eigenvalue weighted by molar-refractivity contribution is 7.92. The summed E-state index contributed by atoms with van der Waals surface area (Å²) in [6, 6.07) is 6.33. The summed E-state index contributed by atoms with van der Waals surface area (Å²) < 4.78 is 60.7. The lowest BCUT2D eigenvalue weighted by Gasteiger charge is -2.10. The van der Waals surface area contributed by atoms with E-state index in [1.807, 2.05) is 0 Å². The van der Waals surface area contributed by atoms with Crippen LogP contribution in [0.3, 0.4) is 0 Å². The monoisotopic (exact) mass is 305 g/mol. The summed E-state index contributed by atoms with van der Waals surface area (Å²) in [7, 11) is -5.57. The molecule has 0 heterocycles. The number of sulfone groups is 1. The number of nitro benzene ring substituents is 1. The van der Waals surface area contributed by atoms with E-state index in [0.717, 1.165) is 12.1 Å². The first kappa shape index (κ1) is 14.3. The maximum atomic E-state index is 12.6. The van der Waals surface area contributed by atoms with Crippen LogP contribution >= 0.6 is 0 Å². The van der Waals surface area contributed by atoms with Gasteiger partial charge in [0, 0.05) is 11.5 Å². The van der Waals surface area contributed by atoms with Crippen LogP contribution < -0.4 is 0 Å². The zero-order valence-corrected chi connectivity index (χ0v) is 10.4. The summed E-state index contributed by atoms with van der Waals surface area (Å²) in [6.07, 6.45) is 0. The van der Waals surface area contributed by atoms with Gasteiger partial charge in [-0.15, -0.1) is 0 Å². The van der Waals surface area contributed by atoms with Gasteiger partial charge in [0.25, 0.3) is 15.5 Å². The molecule has 0 radical (unpaired) electrons. The lowest BCUT2D eigenvalue weighted by molar-refractivity contribution is -0.383. The highest BCUT2D eigenvalue weighted by Crippen LogP contribution is 2.37. The van der Waals surface area contributed by atoms with Crippen molar-refractivity contribution < 1.29 is 26.5 Å². The Kier molecular flexibility index (Phi) is 3.17. The van der Waals surface area contributed by atoms with Crippen LogP contribution in [0.4, 0.5) is 18.9 Å². The van der Waals surface area contributed by atoms with Crippen molar-refractivity contribution in [1.29, 1.82) is 0 Å². The molecule has 106 valence electrons. The third-order valence-electron chi connectivity index (χ3n) is 2.65. The third kappa shape index (κ3) is 2.09. The molecule has 0 N–H and O–H groups in total. The summed E-state index contributed by atoms with van der Waals surface area (Å²) in [5, 5.41) is 10.3. The average molecular weight is 305 g/mol. The first-order valence-corrected chi connectivity index (χ1v) is 6.62. The van der Waals surface area contributed by atoms with Crippen molar-refractivity contribution in [3.63, 3.8) is 0 Å². The predicted octanol–water partition coefficient (Wildman–Crippen LogP) is 3.04. The molecule has 0 aliphatic heterocycles. The SMILES string of the molecule is O=[N+]([O-])c1ccc(S(=O)(=O)C(F)(F)F)c2ccccc12. The van der Waals surface area contributed by atoms with Crippen LogP contribution in [-0.2, 0) is 9.84 Å². The Bertz CT molecular complexity index is 799. The Morgan fingerprint density at radius 1 is 1.00 bits per heavy atom. The molecule has 0 unspecified atom stereocenters. The van der Waals surface area contributed by atoms with Gasteiger partial charge in [-0.3, -0.25) is 10.1 Å². The van der Waals surface area contributed by atoms with Gasteiger partial charge in [-0.2, -0.15) is 13.2 Å². The van der Waals surface area contributed by atoms with Gasteiger partial charge in [0.15, 0.2) is 0 Å². The van der Waals surface area contributed by atoms with Crippen molar-refractivity contribution in [1.82, 2.24) is 0 Å². The lowest BCUT2D eigenvalue weighted by Crippen LogP contribution is -2.23. The molecule has 0 aliphatic carbocycles. The Labute approximate surface area is 110 Å². The number of hydrogen-bond acceptors (Lipinski definition) is 4. The Morgan fingerprint density at radius 2 is 1.55 bits per heavy atom. The van der Waals surface area contributed by atoms with Crippen molar-refractivity contribution in [2.24, 2.45) is 0 Å². The fourth-order valence-electron chi connectivity index (χ4n) is 1.77. The van der Waals surface area contributed by atoms with E-state index in [9.17, 15) is 31.7 Å². The van der Waals surface area contributed by atoms with E-state index < -0.39 is 30.9 Å². The molecule has 0 amide bonds. The minimum Gasteiger partial charge on any atom is -0.258 e. The molecule has 0 fully saturated rings. The number of benzene rings is 2. The molecule has 5 nitrogen and oxygen atoms in total. The minimum absolute atomic E-state index is 0.164. The average Bonchev–Trinajstić information content (AvgIpc) is 2.35. The predicted molar refractivity (Wildman–Crippen MR) is 63.8 cm³/mol. The normalized spacial score (nSPS) is 12.6. The number of rotatable bonds is 2. The standard InChI is InChI=1S/C11H6F3NO4S/c12-11(13,14)20(18,19)10-6-5-9(15(16)17)7-3-1-2-4-8(7)10/h1-6H. The number of halogens is 3. The van der Waals surface area contributed by atoms with Gasteiger partial charge >= 0.3 is 5.51 Å². The third-order valence-corrected chi connectivity index (χ3v) is 4.20. The van der Waals surface area contributed by atoms with Gasteiger partial charge in [-0.25, -0.2) is 8.42 Å². The molecule has 0 saturated heterocycles. The first-order valence-electron chi connectivity index (χ1n) is 5.14. The molecule has 9 heteroatoms. The number of non-ortho nitro benzene ring substituents is 1. The molecule has 0 aromatic heterocycles. The largest absolute Gasteiger partial charge is 0.501 e. The second-order valence-electron chi connectivity index (χ2n) is 3.83. The van der Waals surface area contributed by atoms with Crippen LogP contribution in [0.15, 0.2) is 41.3 Å². The zero-order chi connectivity index (χ0) is 15.1. The first-order chi connectivity index (χ1) is 9.16. The van der Waals surface area contributed by atoms with E-state index in [1.54, 1.807) is 0 Å². The maximum Gasteiger partial charge on any atom is 0.501 e. The van der Waals surface area contributed by atoms with Crippen molar-refractivity contribution >= 4 is 26.3 Å². The van der Waals surface area contributed by atoms with E-state index in [4.69, 9.17) is 0 Å². The molecule has 0 bridgehead atoms. The Balaban J connectivity index is 2.89. The fraction of sp³-hybridized carbons (Fsp3) is 0.0909. The van der Waals surface area contributed by atoms with Crippen molar-refractivity contribution in [3.8, 4) is 0 Å². The molecule has 2 aromatic carbocycles. The summed E-state index contributed by atoms with van der Waals surface area (Å²) in [5.74, 6) is 0. The van der Waals surface area contributed by atoms with E-state index in [1.165, 1.54) is 18.2 Å². The highest BCUT2D eigenvalue weighted by atomic mass is 32.2. The van der Waals surface area contributed by atoms with Gasteiger partial charge in [-0.05, 0) is 12.1 Å². The van der Waals surface area contributed by atoms with Crippen molar-refractivity contribution in [2.45, 2.75) is 10.4 Å². The van der Waals surface area contributed by atoms with Gasteiger partial charge in [0.1, 0.15) is 0 Å². The minimum atomic E-state index is -5.57. The van der Waals surface area contributed by atoms with Crippen molar-refractivity contribution in [3.05, 3.63) is 46.5 Å². The molecule has 0 spiro atoms. The van der Waals surface area contributed by atoms with E-state index in [0.29, 0.717) is 6.07 Å². The quantitative estimate of drug-likeness (QED) is 0.631. The van der Waals surface area contributed by atoms with Gasteiger partial charge in [-0.1, -0.05) is 18.2 Å². The molecule has 0 saturated carbocycles. The number of fused-ring (bicyclic) bond motifs is 1. The fourth-order valence-corrected chi connectivity index (χ4v) is 2.74. The van der Waals surface area contributed by atoms with Crippen LogP contribution in [0.1, 0.15) is 0 Å². The van der Waals surface area contributed by atoms with E-state index >= 15 is 0 Å². The topological polar surface area (TPSA) is 77.3 Å². The molecule has 0 atom stereocenters. The molecule has 20 heavy (non-hydrogen) atoms. The second-order valence-corrected chi connectivity index (χ2v) is 5.74. The van der Waals surface area contributed by atoms with E-state index in [2.05, 4.69) is 0 Å². The number of nitro groups is 1. The maximum absolute atomic E-state index is 12.6. The molecular weight excluding hydrogens is 299 g/mol. The Hall–Kier alpha value is -2.16. The Morgan fingerprint density at radius 3 is 2.05 bits per heavy atom. The molecule has 0 aliphatic rings. The molecule has 2 rings (SSSR count). The molecular formula is C11H6F3NO4S. The summed E-state index contributed by atoms with van der Waals surface area (Å²) in [6.45, 7) is 0. The highest BCUT2D eigenvalue weighted by Gasteiger charge is 2.47. The summed E-state index contributed by atoms with van der Waals surface area (Å²) in [5.41, 5.74) is -5.92. The van der Waals surface area contributed by atoms with Crippen LogP contribution in [0.2, 0.25) is 0 Å². The molecule has 2 aromatic rings. The summed E-state index contributed by atoms with van der Waals surface area (Å²) >= 11 is 0. The van der Waals surface area contributed by atoms with E-state index in [-0.39, 0.29) is 10.8 Å². The van der Waals surface area contributed by atoms with Crippen molar-refractivity contribution in [2.75, 3.05) is 0 Å². The lowest BCUT2D eigenvalue weighted by atomic mass is 10.1. The van der Waals surface area contributed by atoms with Crippen LogP contribution in [0.5, 0.6) is 0 Å². The second kappa shape index (κ2) is 4.44. The van der Waals surface area contributed by atoms with Gasteiger partial charge in [0.2, 0.25) is 0 Å². The van der Waals surface area contributed by atoms with Crippen LogP contribution in [-0.4, -0.2) is 18.8 Å². The van der Waals surface area contributed by atoms with Crippen LogP contribution in [0.25, 0.3) is 10.8 Å². The zero-order valence-electron chi connectivity index (χ0n) is 9.59. The summed E-state index contributed by atoms with van der Waals surface area (Å²) in [4.78, 5) is 9.03. The van der Waals surface area contributed by atoms with Gasteiger partial charge in [0.05, 0.1) is 15.2 Å². The smallest absolute Gasteiger partial charge is 0.258 e. The number of alkyl halides is 3. The van der Waals surface area contributed by atoms with Gasteiger partial charge < -0.3 is 0 Å². The van der Waals surface area contributed by atoms with Crippen LogP contribution in [0, 0.1) is 10.1 Å². The number of hydrogen-bond donors (Lipinski definition) is 0.